The molecule has 1 fully saturated rings. The summed E-state index contributed by atoms with van der Waals surface area (Å²) in [4.78, 5) is 10.8. The number of H-pyrrole nitrogens is 1. The van der Waals surface area contributed by atoms with Crippen LogP contribution in [0.2, 0.25) is 0 Å². The maximum atomic E-state index is 4.75. The standard InChI is InChI=1S/C16H23N3/c1-11-6-8-19(9-7-11)13(3)16-17-14-5-4-12(2)10-15(14)18-16/h4-5,10-11,13H,6-9H2,1-3H3,(H,17,18). The van der Waals surface area contributed by atoms with Crippen LogP contribution >= 0.6 is 0 Å². The second-order valence-corrected chi connectivity index (χ2v) is 6.04. The summed E-state index contributed by atoms with van der Waals surface area (Å²) >= 11 is 0. The van der Waals surface area contributed by atoms with Crippen LogP contribution in [0.3, 0.4) is 0 Å². The molecule has 1 aromatic carbocycles. The van der Waals surface area contributed by atoms with E-state index >= 15 is 0 Å². The summed E-state index contributed by atoms with van der Waals surface area (Å²) in [6.45, 7) is 9.12. The Morgan fingerprint density at radius 1 is 1.32 bits per heavy atom. The lowest BCUT2D eigenvalue weighted by Crippen LogP contribution is -2.35. The zero-order valence-corrected chi connectivity index (χ0v) is 12.1. The Kier molecular flexibility index (Phi) is 3.31. The number of aryl methyl sites for hydroxylation is 1. The number of imidazole rings is 1. The smallest absolute Gasteiger partial charge is 0.124 e. The number of aromatic nitrogens is 2. The van der Waals surface area contributed by atoms with E-state index in [9.17, 15) is 0 Å². The van der Waals surface area contributed by atoms with Crippen molar-refractivity contribution < 1.29 is 0 Å². The number of hydrogen-bond donors (Lipinski definition) is 1. The minimum absolute atomic E-state index is 0.389. The number of aromatic amines is 1. The molecule has 2 aromatic rings. The molecule has 102 valence electrons. The summed E-state index contributed by atoms with van der Waals surface area (Å²) in [7, 11) is 0. The van der Waals surface area contributed by atoms with Crippen LogP contribution in [0.15, 0.2) is 18.2 Å². The first-order valence-electron chi connectivity index (χ1n) is 7.34. The van der Waals surface area contributed by atoms with Crippen molar-refractivity contribution in [3.8, 4) is 0 Å². The number of nitrogens with one attached hydrogen (secondary N) is 1. The second-order valence-electron chi connectivity index (χ2n) is 6.04. The van der Waals surface area contributed by atoms with Crippen molar-refractivity contribution in [3.63, 3.8) is 0 Å². The van der Waals surface area contributed by atoms with Gasteiger partial charge in [-0.2, -0.15) is 0 Å². The van der Waals surface area contributed by atoms with Crippen molar-refractivity contribution in [3.05, 3.63) is 29.6 Å². The molecule has 1 N–H and O–H groups in total. The number of fused-ring (bicyclic) bond motifs is 1. The Bertz CT molecular complexity index is 564. The molecule has 3 heteroatoms. The van der Waals surface area contributed by atoms with E-state index in [-0.39, 0.29) is 0 Å². The van der Waals surface area contributed by atoms with Gasteiger partial charge in [0.05, 0.1) is 17.1 Å². The van der Waals surface area contributed by atoms with Gasteiger partial charge in [-0.05, 0) is 63.4 Å². The highest BCUT2D eigenvalue weighted by molar-refractivity contribution is 5.75. The van der Waals surface area contributed by atoms with Gasteiger partial charge in [0.2, 0.25) is 0 Å². The van der Waals surface area contributed by atoms with Crippen molar-refractivity contribution in [2.24, 2.45) is 5.92 Å². The van der Waals surface area contributed by atoms with E-state index in [4.69, 9.17) is 4.98 Å². The van der Waals surface area contributed by atoms with Crippen LogP contribution in [0.4, 0.5) is 0 Å². The number of benzene rings is 1. The SMILES string of the molecule is Cc1ccc2nc(C(C)N3CCC(C)CC3)[nH]c2c1. The molecule has 1 aromatic heterocycles. The van der Waals surface area contributed by atoms with E-state index in [1.54, 1.807) is 0 Å². The molecule has 1 aliphatic rings. The van der Waals surface area contributed by atoms with Gasteiger partial charge in [0, 0.05) is 0 Å². The third-order valence-corrected chi connectivity index (χ3v) is 4.42. The molecule has 19 heavy (non-hydrogen) atoms. The molecule has 1 saturated heterocycles. The molecule has 0 amide bonds. The molecule has 0 radical (unpaired) electrons. The quantitative estimate of drug-likeness (QED) is 0.890. The highest BCUT2D eigenvalue weighted by Gasteiger charge is 2.23. The minimum Gasteiger partial charge on any atom is -0.341 e. The Balaban J connectivity index is 1.83. The Morgan fingerprint density at radius 3 is 2.79 bits per heavy atom. The van der Waals surface area contributed by atoms with Crippen LogP contribution in [0, 0.1) is 12.8 Å². The Labute approximate surface area is 115 Å². The largest absolute Gasteiger partial charge is 0.341 e. The molecule has 0 spiro atoms. The first-order valence-corrected chi connectivity index (χ1v) is 7.34. The number of likely N-dealkylation sites (tertiary alicyclic amines) is 1. The van der Waals surface area contributed by atoms with E-state index in [2.05, 4.69) is 48.9 Å². The minimum atomic E-state index is 0.389. The number of piperidine rings is 1. The second kappa shape index (κ2) is 4.97. The number of nitrogens with zero attached hydrogens (tertiary/aromatic N) is 2. The normalized spacial score (nSPS) is 19.9. The van der Waals surface area contributed by atoms with Gasteiger partial charge in [-0.25, -0.2) is 4.98 Å². The van der Waals surface area contributed by atoms with Crippen LogP contribution in [0.25, 0.3) is 11.0 Å². The van der Waals surface area contributed by atoms with Crippen LogP contribution in [-0.2, 0) is 0 Å². The van der Waals surface area contributed by atoms with Gasteiger partial charge < -0.3 is 4.98 Å². The number of rotatable bonds is 2. The predicted octanol–water partition coefficient (Wildman–Crippen LogP) is 3.66. The Hall–Kier alpha value is -1.35. The highest BCUT2D eigenvalue weighted by atomic mass is 15.2. The molecule has 0 bridgehead atoms. The first-order chi connectivity index (χ1) is 9.13. The molecule has 0 aliphatic carbocycles. The fourth-order valence-electron chi connectivity index (χ4n) is 2.93. The zero-order chi connectivity index (χ0) is 13.4. The van der Waals surface area contributed by atoms with Crippen LogP contribution in [-0.4, -0.2) is 28.0 Å². The van der Waals surface area contributed by atoms with Crippen molar-refractivity contribution in [2.75, 3.05) is 13.1 Å². The van der Waals surface area contributed by atoms with Crippen molar-refractivity contribution in [1.82, 2.24) is 14.9 Å². The van der Waals surface area contributed by atoms with Gasteiger partial charge in [0.25, 0.3) is 0 Å². The summed E-state index contributed by atoms with van der Waals surface area (Å²) in [6.07, 6.45) is 2.62. The van der Waals surface area contributed by atoms with Crippen molar-refractivity contribution >= 4 is 11.0 Å². The maximum Gasteiger partial charge on any atom is 0.124 e. The van der Waals surface area contributed by atoms with E-state index in [1.165, 1.54) is 31.5 Å². The van der Waals surface area contributed by atoms with Crippen LogP contribution in [0.5, 0.6) is 0 Å². The van der Waals surface area contributed by atoms with Crippen LogP contribution in [0.1, 0.15) is 44.1 Å². The lowest BCUT2D eigenvalue weighted by atomic mass is 9.98. The third kappa shape index (κ3) is 2.52. The topological polar surface area (TPSA) is 31.9 Å². The van der Waals surface area contributed by atoms with Gasteiger partial charge in [-0.3, -0.25) is 4.90 Å². The van der Waals surface area contributed by atoms with Gasteiger partial charge in [-0.15, -0.1) is 0 Å². The average molecular weight is 257 g/mol. The number of hydrogen-bond acceptors (Lipinski definition) is 2. The lowest BCUT2D eigenvalue weighted by molar-refractivity contribution is 0.143. The fourth-order valence-corrected chi connectivity index (χ4v) is 2.93. The molecule has 1 atom stereocenters. The highest BCUT2D eigenvalue weighted by Crippen LogP contribution is 2.26. The molecular formula is C16H23N3. The summed E-state index contributed by atoms with van der Waals surface area (Å²) in [5.74, 6) is 1.98. The molecule has 1 aliphatic heterocycles. The zero-order valence-electron chi connectivity index (χ0n) is 12.1. The Morgan fingerprint density at radius 2 is 2.05 bits per heavy atom. The van der Waals surface area contributed by atoms with Crippen LogP contribution < -0.4 is 0 Å². The summed E-state index contributed by atoms with van der Waals surface area (Å²) < 4.78 is 0. The summed E-state index contributed by atoms with van der Waals surface area (Å²) in [6, 6.07) is 6.80. The van der Waals surface area contributed by atoms with Crippen molar-refractivity contribution in [1.29, 1.82) is 0 Å². The molecular weight excluding hydrogens is 234 g/mol. The average Bonchev–Trinajstić information content (AvgIpc) is 2.81. The van der Waals surface area contributed by atoms with E-state index < -0.39 is 0 Å². The van der Waals surface area contributed by atoms with Gasteiger partial charge in [0.1, 0.15) is 5.82 Å². The molecule has 1 unspecified atom stereocenters. The van der Waals surface area contributed by atoms with E-state index in [1.807, 2.05) is 0 Å². The van der Waals surface area contributed by atoms with Crippen molar-refractivity contribution in [2.45, 2.75) is 39.7 Å². The van der Waals surface area contributed by atoms with E-state index in [0.29, 0.717) is 6.04 Å². The molecule has 3 rings (SSSR count). The predicted molar refractivity (Wildman–Crippen MR) is 79.2 cm³/mol. The first kappa shape index (κ1) is 12.7. The molecule has 2 heterocycles. The maximum absolute atomic E-state index is 4.75. The van der Waals surface area contributed by atoms with Gasteiger partial charge >= 0.3 is 0 Å². The van der Waals surface area contributed by atoms with Gasteiger partial charge in [-0.1, -0.05) is 13.0 Å². The van der Waals surface area contributed by atoms with E-state index in [0.717, 1.165) is 22.8 Å². The fraction of sp³-hybridized carbons (Fsp3) is 0.562. The summed E-state index contributed by atoms with van der Waals surface area (Å²) in [5.41, 5.74) is 3.52. The monoisotopic (exact) mass is 257 g/mol. The third-order valence-electron chi connectivity index (χ3n) is 4.42. The molecule has 3 nitrogen and oxygen atoms in total. The summed E-state index contributed by atoms with van der Waals surface area (Å²) in [5, 5.41) is 0. The lowest BCUT2D eigenvalue weighted by Gasteiger charge is -2.33. The molecule has 0 saturated carbocycles. The van der Waals surface area contributed by atoms with Gasteiger partial charge in [0.15, 0.2) is 0 Å².